The Labute approximate surface area is 143 Å². The molecule has 2 aromatic rings. The molecule has 1 N–H and O–H groups in total. The third kappa shape index (κ3) is 6.23. The summed E-state index contributed by atoms with van der Waals surface area (Å²) in [6.07, 6.45) is 0. The number of halogens is 2. The third-order valence-electron chi connectivity index (χ3n) is 2.97. The molecule has 0 fully saturated rings. The molecule has 0 unspecified atom stereocenters. The van der Waals surface area contributed by atoms with Crippen molar-refractivity contribution in [2.75, 3.05) is 18.1 Å². The van der Waals surface area contributed by atoms with Crippen LogP contribution in [0.25, 0.3) is 0 Å². The van der Waals surface area contributed by atoms with E-state index >= 15 is 0 Å². The molecule has 1 amide bonds. The molecule has 122 valence electrons. The molecule has 2 nitrogen and oxygen atoms in total. The van der Waals surface area contributed by atoms with Crippen molar-refractivity contribution in [3.05, 3.63) is 59.7 Å². The van der Waals surface area contributed by atoms with Gasteiger partial charge in [0.15, 0.2) is 11.6 Å². The molecule has 2 aromatic carbocycles. The number of nitrogens with one attached hydrogen (secondary N) is 1. The molecule has 0 heterocycles. The first-order valence-corrected chi connectivity index (χ1v) is 9.06. The summed E-state index contributed by atoms with van der Waals surface area (Å²) in [5.41, 5.74) is 1.22. The van der Waals surface area contributed by atoms with Crippen molar-refractivity contribution >= 4 is 29.4 Å². The van der Waals surface area contributed by atoms with E-state index in [0.29, 0.717) is 11.4 Å². The number of amides is 1. The Bertz CT molecular complexity index is 662. The normalized spacial score (nSPS) is 10.6. The summed E-state index contributed by atoms with van der Waals surface area (Å²) in [5.74, 6) is -0.939. The van der Waals surface area contributed by atoms with Gasteiger partial charge in [0.05, 0.1) is 5.75 Å². The van der Waals surface area contributed by atoms with Crippen molar-refractivity contribution in [3.8, 4) is 0 Å². The van der Waals surface area contributed by atoms with Gasteiger partial charge >= 0.3 is 0 Å². The van der Waals surface area contributed by atoms with Crippen molar-refractivity contribution in [2.24, 2.45) is 0 Å². The molecule has 6 heteroatoms. The maximum Gasteiger partial charge on any atom is 0.230 e. The van der Waals surface area contributed by atoms with Gasteiger partial charge in [0.2, 0.25) is 5.91 Å². The summed E-state index contributed by atoms with van der Waals surface area (Å²) >= 11 is 2.86. The van der Waals surface area contributed by atoms with E-state index in [4.69, 9.17) is 0 Å². The minimum atomic E-state index is -0.898. The van der Waals surface area contributed by atoms with Gasteiger partial charge in [-0.15, -0.1) is 23.5 Å². The van der Waals surface area contributed by atoms with Crippen molar-refractivity contribution in [3.63, 3.8) is 0 Å². The fourth-order valence-corrected chi connectivity index (χ4v) is 3.28. The van der Waals surface area contributed by atoms with Crippen molar-refractivity contribution < 1.29 is 13.6 Å². The van der Waals surface area contributed by atoms with Crippen LogP contribution in [-0.2, 0) is 4.79 Å². The Morgan fingerprint density at radius 2 is 1.70 bits per heavy atom. The number of carbonyl (C=O) groups is 1. The lowest BCUT2D eigenvalue weighted by Gasteiger charge is -2.06. The van der Waals surface area contributed by atoms with Gasteiger partial charge < -0.3 is 5.32 Å². The zero-order valence-corrected chi connectivity index (χ0v) is 14.3. The van der Waals surface area contributed by atoms with Gasteiger partial charge in [0, 0.05) is 22.1 Å². The maximum atomic E-state index is 13.0. The molecule has 0 atom stereocenters. The Hall–Kier alpha value is -1.53. The second-order valence-corrected chi connectivity index (χ2v) is 7.09. The van der Waals surface area contributed by atoms with Gasteiger partial charge in [-0.3, -0.25) is 4.79 Å². The third-order valence-corrected chi connectivity index (χ3v) is 4.98. The van der Waals surface area contributed by atoms with Gasteiger partial charge in [-0.05, 0) is 37.3 Å². The molecular formula is C17H17F2NOS2. The summed E-state index contributed by atoms with van der Waals surface area (Å²) in [7, 11) is 0. The monoisotopic (exact) mass is 353 g/mol. The lowest BCUT2D eigenvalue weighted by atomic mass is 10.2. The predicted molar refractivity (Wildman–Crippen MR) is 92.0 cm³/mol. The van der Waals surface area contributed by atoms with E-state index in [-0.39, 0.29) is 11.7 Å². The van der Waals surface area contributed by atoms with Crippen LogP contribution in [0.1, 0.15) is 5.56 Å². The van der Waals surface area contributed by atoms with Crippen LogP contribution >= 0.6 is 23.5 Å². The lowest BCUT2D eigenvalue weighted by molar-refractivity contribution is -0.118. The van der Waals surface area contributed by atoms with Crippen LogP contribution in [0.15, 0.2) is 52.3 Å². The fourth-order valence-electron chi connectivity index (χ4n) is 1.76. The Kier molecular flexibility index (Phi) is 6.92. The van der Waals surface area contributed by atoms with Crippen LogP contribution in [-0.4, -0.2) is 24.0 Å². The van der Waals surface area contributed by atoms with Crippen molar-refractivity contribution in [2.45, 2.75) is 16.7 Å². The highest BCUT2D eigenvalue weighted by Crippen LogP contribution is 2.20. The van der Waals surface area contributed by atoms with E-state index < -0.39 is 11.6 Å². The van der Waals surface area contributed by atoms with Crippen LogP contribution in [0.4, 0.5) is 8.78 Å². The summed E-state index contributed by atoms with van der Waals surface area (Å²) in [6.45, 7) is 2.61. The number of aryl methyl sites for hydroxylation is 1. The first-order valence-electron chi connectivity index (χ1n) is 7.08. The molecule has 2 rings (SSSR count). The number of rotatable bonds is 7. The summed E-state index contributed by atoms with van der Waals surface area (Å²) in [5, 5.41) is 2.81. The highest BCUT2D eigenvalue weighted by atomic mass is 32.2. The van der Waals surface area contributed by atoms with E-state index in [1.807, 2.05) is 6.92 Å². The SMILES string of the molecule is Cc1ccc(SCCNC(=O)CSc2ccc(F)c(F)c2)cc1. The van der Waals surface area contributed by atoms with Gasteiger partial charge in [-0.1, -0.05) is 17.7 Å². The maximum absolute atomic E-state index is 13.0. The van der Waals surface area contributed by atoms with Crippen LogP contribution in [0.2, 0.25) is 0 Å². The molecule has 0 bridgehead atoms. The molecular weight excluding hydrogens is 336 g/mol. The molecule has 0 aliphatic rings. The van der Waals surface area contributed by atoms with E-state index in [9.17, 15) is 13.6 Å². The number of thioether (sulfide) groups is 2. The lowest BCUT2D eigenvalue weighted by Crippen LogP contribution is -2.27. The minimum Gasteiger partial charge on any atom is -0.355 e. The number of hydrogen-bond acceptors (Lipinski definition) is 3. The van der Waals surface area contributed by atoms with Gasteiger partial charge in [0.25, 0.3) is 0 Å². The first-order chi connectivity index (χ1) is 11.0. The van der Waals surface area contributed by atoms with Gasteiger partial charge in [-0.2, -0.15) is 0 Å². The van der Waals surface area contributed by atoms with Crippen molar-refractivity contribution in [1.82, 2.24) is 5.32 Å². The molecule has 0 radical (unpaired) electrons. The average Bonchev–Trinajstić information content (AvgIpc) is 2.54. The second kappa shape index (κ2) is 8.93. The van der Waals surface area contributed by atoms with Crippen LogP contribution in [0, 0.1) is 18.6 Å². The summed E-state index contributed by atoms with van der Waals surface area (Å²) in [4.78, 5) is 13.4. The van der Waals surface area contributed by atoms with Crippen molar-refractivity contribution in [1.29, 1.82) is 0 Å². The number of benzene rings is 2. The number of hydrogen-bond donors (Lipinski definition) is 1. The minimum absolute atomic E-state index is 0.121. The zero-order chi connectivity index (χ0) is 16.7. The molecule has 0 saturated carbocycles. The zero-order valence-electron chi connectivity index (χ0n) is 12.6. The van der Waals surface area contributed by atoms with Gasteiger partial charge in [0.1, 0.15) is 0 Å². The van der Waals surface area contributed by atoms with E-state index in [2.05, 4.69) is 29.6 Å². The Morgan fingerprint density at radius 3 is 2.39 bits per heavy atom. The molecule has 0 aromatic heterocycles. The van der Waals surface area contributed by atoms with Crippen LogP contribution in [0.5, 0.6) is 0 Å². The quantitative estimate of drug-likeness (QED) is 0.595. The van der Waals surface area contributed by atoms with E-state index in [1.54, 1.807) is 11.8 Å². The Morgan fingerprint density at radius 1 is 1.00 bits per heavy atom. The van der Waals surface area contributed by atoms with Crippen LogP contribution < -0.4 is 5.32 Å². The van der Waals surface area contributed by atoms with E-state index in [0.717, 1.165) is 17.9 Å². The molecule has 23 heavy (non-hydrogen) atoms. The molecule has 0 aliphatic heterocycles. The fraction of sp³-hybridized carbons (Fsp3) is 0.235. The smallest absolute Gasteiger partial charge is 0.230 e. The van der Waals surface area contributed by atoms with Gasteiger partial charge in [-0.25, -0.2) is 8.78 Å². The standard InChI is InChI=1S/C17H17F2NOS2/c1-12-2-4-13(5-3-12)22-9-8-20-17(21)11-23-14-6-7-15(18)16(19)10-14/h2-7,10H,8-9,11H2,1H3,(H,20,21). The largest absolute Gasteiger partial charge is 0.355 e. The second-order valence-electron chi connectivity index (χ2n) is 4.88. The highest BCUT2D eigenvalue weighted by Gasteiger charge is 2.06. The number of carbonyl (C=O) groups excluding carboxylic acids is 1. The topological polar surface area (TPSA) is 29.1 Å². The van der Waals surface area contributed by atoms with E-state index in [1.165, 1.54) is 28.3 Å². The summed E-state index contributed by atoms with van der Waals surface area (Å²) < 4.78 is 25.8. The average molecular weight is 353 g/mol. The first kappa shape index (κ1) is 17.8. The van der Waals surface area contributed by atoms with Crippen LogP contribution in [0.3, 0.4) is 0 Å². The molecule has 0 aliphatic carbocycles. The predicted octanol–water partition coefficient (Wildman–Crippen LogP) is 4.27. The summed E-state index contributed by atoms with van der Waals surface area (Å²) in [6, 6.07) is 11.8. The Balaban J connectivity index is 1.65. The molecule has 0 spiro atoms. The molecule has 0 saturated heterocycles. The highest BCUT2D eigenvalue weighted by molar-refractivity contribution is 8.00.